The molecule has 1 heterocycles. The van der Waals surface area contributed by atoms with Crippen molar-refractivity contribution in [2.24, 2.45) is 11.3 Å². The first-order valence-corrected chi connectivity index (χ1v) is 7.69. The van der Waals surface area contributed by atoms with Crippen LogP contribution in [0.5, 0.6) is 0 Å². The van der Waals surface area contributed by atoms with Crippen LogP contribution in [-0.2, 0) is 4.79 Å². The van der Waals surface area contributed by atoms with E-state index in [-0.39, 0.29) is 24.5 Å². The molecule has 0 saturated carbocycles. The number of aliphatic carboxylic acids is 1. The van der Waals surface area contributed by atoms with Gasteiger partial charge in [0.2, 0.25) is 0 Å². The summed E-state index contributed by atoms with van der Waals surface area (Å²) in [5, 5.41) is 20.7. The fraction of sp³-hybridized carbons (Fsp3) is 0.867. The molecule has 0 aliphatic carbocycles. The highest BCUT2D eigenvalue weighted by Gasteiger charge is 2.23. The second kappa shape index (κ2) is 8.22. The highest BCUT2D eigenvalue weighted by atomic mass is 16.4. The number of aliphatic hydroxyl groups excluding tert-OH is 1. The van der Waals surface area contributed by atoms with E-state index in [0.717, 1.165) is 19.3 Å². The second-order valence-corrected chi connectivity index (χ2v) is 6.65. The number of piperidine rings is 1. The van der Waals surface area contributed by atoms with Crippen LogP contribution in [0, 0.1) is 11.3 Å². The van der Waals surface area contributed by atoms with Crippen LogP contribution in [0.1, 0.15) is 46.0 Å². The van der Waals surface area contributed by atoms with Crippen LogP contribution in [0.25, 0.3) is 0 Å². The maximum Gasteiger partial charge on any atom is 0.317 e. The summed E-state index contributed by atoms with van der Waals surface area (Å²) in [5.41, 5.74) is -0.0877. The van der Waals surface area contributed by atoms with E-state index in [9.17, 15) is 9.59 Å². The first-order chi connectivity index (χ1) is 9.84. The van der Waals surface area contributed by atoms with Gasteiger partial charge < -0.3 is 20.4 Å². The molecule has 0 radical (unpaired) electrons. The molecule has 6 heteroatoms. The molecule has 3 N–H and O–H groups in total. The predicted molar refractivity (Wildman–Crippen MR) is 80.0 cm³/mol. The van der Waals surface area contributed by atoms with Gasteiger partial charge in [-0.05, 0) is 37.0 Å². The summed E-state index contributed by atoms with van der Waals surface area (Å²) >= 11 is 0. The number of urea groups is 1. The van der Waals surface area contributed by atoms with Gasteiger partial charge in [-0.25, -0.2) is 4.79 Å². The maximum atomic E-state index is 12.0. The van der Waals surface area contributed by atoms with Crippen LogP contribution < -0.4 is 5.32 Å². The molecule has 122 valence electrons. The second-order valence-electron chi connectivity index (χ2n) is 6.65. The van der Waals surface area contributed by atoms with Gasteiger partial charge in [0.1, 0.15) is 0 Å². The molecule has 21 heavy (non-hydrogen) atoms. The van der Waals surface area contributed by atoms with Gasteiger partial charge in [-0.3, -0.25) is 4.79 Å². The molecule has 0 aromatic heterocycles. The molecule has 1 rings (SSSR count). The van der Waals surface area contributed by atoms with Crippen molar-refractivity contribution in [1.29, 1.82) is 0 Å². The molecular formula is C15H28N2O4. The third-order valence-corrected chi connectivity index (χ3v) is 4.25. The maximum absolute atomic E-state index is 12.0. The van der Waals surface area contributed by atoms with Gasteiger partial charge in [0.15, 0.2) is 0 Å². The Morgan fingerprint density at radius 1 is 1.24 bits per heavy atom. The minimum atomic E-state index is -0.779. The van der Waals surface area contributed by atoms with Gasteiger partial charge in [-0.1, -0.05) is 13.8 Å². The summed E-state index contributed by atoms with van der Waals surface area (Å²) in [6.45, 7) is 6.20. The molecule has 0 bridgehead atoms. The number of nitrogens with one attached hydrogen (secondary N) is 1. The van der Waals surface area contributed by atoms with E-state index in [1.54, 1.807) is 4.90 Å². The smallest absolute Gasteiger partial charge is 0.317 e. The molecule has 1 fully saturated rings. The van der Waals surface area contributed by atoms with Crippen molar-refractivity contribution in [3.05, 3.63) is 0 Å². The van der Waals surface area contributed by atoms with Gasteiger partial charge in [0.05, 0.1) is 0 Å². The number of carbonyl (C=O) groups is 2. The third kappa shape index (κ3) is 6.80. The summed E-state index contributed by atoms with van der Waals surface area (Å²) in [6, 6.07) is -0.0552. The molecule has 2 amide bonds. The van der Waals surface area contributed by atoms with Gasteiger partial charge in [0.25, 0.3) is 0 Å². The normalized spacial score (nSPS) is 16.8. The van der Waals surface area contributed by atoms with E-state index in [0.29, 0.717) is 32.0 Å². The number of rotatable bonds is 7. The Bertz CT molecular complexity index is 350. The molecular weight excluding hydrogens is 272 g/mol. The largest absolute Gasteiger partial charge is 0.481 e. The number of hydrogen-bond donors (Lipinski definition) is 3. The quantitative estimate of drug-likeness (QED) is 0.667. The molecule has 0 aromatic carbocycles. The number of hydrogen-bond acceptors (Lipinski definition) is 3. The summed E-state index contributed by atoms with van der Waals surface area (Å²) in [5.74, 6) is -0.456. The van der Waals surface area contributed by atoms with Crippen molar-refractivity contribution in [3.8, 4) is 0 Å². The van der Waals surface area contributed by atoms with Crippen LogP contribution in [0.2, 0.25) is 0 Å². The average molecular weight is 300 g/mol. The molecule has 1 aliphatic rings. The lowest BCUT2D eigenvalue weighted by atomic mass is 9.84. The van der Waals surface area contributed by atoms with Gasteiger partial charge in [-0.2, -0.15) is 0 Å². The Morgan fingerprint density at radius 3 is 2.38 bits per heavy atom. The predicted octanol–water partition coefficient (Wildman–Crippen LogP) is 1.68. The number of carboxylic acid groups (broad SMARTS) is 1. The summed E-state index contributed by atoms with van der Waals surface area (Å²) in [4.78, 5) is 24.4. The fourth-order valence-corrected chi connectivity index (χ4v) is 2.51. The van der Waals surface area contributed by atoms with E-state index in [1.807, 2.05) is 13.8 Å². The number of nitrogens with zero attached hydrogens (tertiary/aromatic N) is 1. The van der Waals surface area contributed by atoms with Crippen LogP contribution in [0.3, 0.4) is 0 Å². The number of carbonyl (C=O) groups excluding carboxylic acids is 1. The van der Waals surface area contributed by atoms with Crippen molar-refractivity contribution in [2.75, 3.05) is 26.2 Å². The molecule has 0 unspecified atom stereocenters. The van der Waals surface area contributed by atoms with E-state index < -0.39 is 5.97 Å². The zero-order valence-electron chi connectivity index (χ0n) is 13.1. The number of aliphatic hydroxyl groups is 1. The third-order valence-electron chi connectivity index (χ3n) is 4.25. The minimum Gasteiger partial charge on any atom is -0.481 e. The number of likely N-dealkylation sites (tertiary alicyclic amines) is 1. The molecule has 1 saturated heterocycles. The topological polar surface area (TPSA) is 89.9 Å². The molecule has 1 aliphatic heterocycles. The summed E-state index contributed by atoms with van der Waals surface area (Å²) in [6.07, 6.45) is 3.25. The first kappa shape index (κ1) is 17.8. The van der Waals surface area contributed by atoms with Crippen LogP contribution in [0.15, 0.2) is 0 Å². The fourth-order valence-electron chi connectivity index (χ4n) is 2.51. The Balaban J connectivity index is 2.22. The van der Waals surface area contributed by atoms with Gasteiger partial charge >= 0.3 is 12.0 Å². The Morgan fingerprint density at radius 2 is 1.86 bits per heavy atom. The Labute approximate surface area is 126 Å². The summed E-state index contributed by atoms with van der Waals surface area (Å²) in [7, 11) is 0. The summed E-state index contributed by atoms with van der Waals surface area (Å²) < 4.78 is 0. The van der Waals surface area contributed by atoms with Crippen LogP contribution >= 0.6 is 0 Å². The van der Waals surface area contributed by atoms with Crippen LogP contribution in [0.4, 0.5) is 4.79 Å². The SMILES string of the molecule is CC(C)(CCNC(=O)N1CCC(CO)CC1)CCC(=O)O. The van der Waals surface area contributed by atoms with Gasteiger partial charge in [0, 0.05) is 32.7 Å². The molecule has 0 atom stereocenters. The number of carboxylic acids is 1. The lowest BCUT2D eigenvalue weighted by molar-refractivity contribution is -0.137. The van der Waals surface area contributed by atoms with Crippen molar-refractivity contribution >= 4 is 12.0 Å². The number of amides is 2. The van der Waals surface area contributed by atoms with E-state index in [2.05, 4.69) is 5.32 Å². The molecule has 0 spiro atoms. The monoisotopic (exact) mass is 300 g/mol. The Kier molecular flexibility index (Phi) is 6.95. The Hall–Kier alpha value is -1.30. The van der Waals surface area contributed by atoms with E-state index >= 15 is 0 Å². The van der Waals surface area contributed by atoms with Crippen molar-refractivity contribution in [3.63, 3.8) is 0 Å². The lowest BCUT2D eigenvalue weighted by Crippen LogP contribution is -2.45. The van der Waals surface area contributed by atoms with E-state index in [1.165, 1.54) is 0 Å². The zero-order valence-corrected chi connectivity index (χ0v) is 13.1. The average Bonchev–Trinajstić information content (AvgIpc) is 2.45. The standard InChI is InChI=1S/C15H28N2O4/c1-15(2,6-3-13(19)20)7-8-16-14(21)17-9-4-12(11-18)5-10-17/h12,18H,3-11H2,1-2H3,(H,16,21)(H,19,20). The molecule has 0 aromatic rings. The zero-order chi connectivity index (χ0) is 15.9. The highest BCUT2D eigenvalue weighted by Crippen LogP contribution is 2.26. The minimum absolute atomic E-state index is 0.0552. The van der Waals surface area contributed by atoms with Crippen molar-refractivity contribution < 1.29 is 19.8 Å². The van der Waals surface area contributed by atoms with Crippen molar-refractivity contribution in [1.82, 2.24) is 10.2 Å². The molecule has 6 nitrogen and oxygen atoms in total. The van der Waals surface area contributed by atoms with Crippen molar-refractivity contribution in [2.45, 2.75) is 46.0 Å². The lowest BCUT2D eigenvalue weighted by Gasteiger charge is -2.31. The van der Waals surface area contributed by atoms with E-state index in [4.69, 9.17) is 10.2 Å². The first-order valence-electron chi connectivity index (χ1n) is 7.69. The van der Waals surface area contributed by atoms with Gasteiger partial charge in [-0.15, -0.1) is 0 Å². The highest BCUT2D eigenvalue weighted by molar-refractivity contribution is 5.74. The van der Waals surface area contributed by atoms with Crippen LogP contribution in [-0.4, -0.2) is 53.4 Å².